The molecule has 0 unspecified atom stereocenters. The number of imidazole rings is 1. The molecular formula is C16H22N4O. The molecule has 0 aliphatic carbocycles. The molecule has 2 N–H and O–H groups in total. The highest BCUT2D eigenvalue weighted by atomic mass is 16.2. The van der Waals surface area contributed by atoms with Crippen molar-refractivity contribution in [1.29, 1.82) is 0 Å². The fraction of sp³-hybridized carbons (Fsp3) is 0.500. The van der Waals surface area contributed by atoms with Crippen LogP contribution in [0.3, 0.4) is 0 Å². The molecule has 1 aromatic carbocycles. The number of nitrogen functional groups attached to an aromatic ring is 1. The lowest BCUT2D eigenvalue weighted by atomic mass is 10.1. The minimum atomic E-state index is 0.186. The van der Waals surface area contributed by atoms with Crippen molar-refractivity contribution in [2.45, 2.75) is 39.2 Å². The Morgan fingerprint density at radius 2 is 2.05 bits per heavy atom. The third-order valence-electron chi connectivity index (χ3n) is 4.21. The molecule has 0 saturated carbocycles. The number of hydrogen-bond donors (Lipinski definition) is 1. The smallest absolute Gasteiger partial charge is 0.242 e. The largest absolute Gasteiger partial charge is 0.397 e. The van der Waals surface area contributed by atoms with Crippen LogP contribution in [0.15, 0.2) is 18.2 Å². The molecule has 0 atom stereocenters. The molecule has 112 valence electrons. The minimum absolute atomic E-state index is 0.186. The number of fused-ring (bicyclic) bond motifs is 1. The Morgan fingerprint density at radius 3 is 2.76 bits per heavy atom. The van der Waals surface area contributed by atoms with E-state index in [2.05, 4.69) is 11.9 Å². The van der Waals surface area contributed by atoms with E-state index in [0.717, 1.165) is 49.2 Å². The van der Waals surface area contributed by atoms with Crippen LogP contribution in [0.25, 0.3) is 11.0 Å². The van der Waals surface area contributed by atoms with E-state index in [9.17, 15) is 4.79 Å². The van der Waals surface area contributed by atoms with Gasteiger partial charge in [0.25, 0.3) is 0 Å². The first-order valence-electron chi connectivity index (χ1n) is 7.72. The SMILES string of the molecule is CCc1nc2c(N)cccc2n1CC(=O)N1CCCCC1. The fourth-order valence-electron chi connectivity index (χ4n) is 3.04. The molecular weight excluding hydrogens is 264 g/mol. The number of aryl methyl sites for hydroxylation is 1. The van der Waals surface area contributed by atoms with Crippen molar-refractivity contribution >= 4 is 22.6 Å². The zero-order valence-corrected chi connectivity index (χ0v) is 12.5. The molecule has 1 fully saturated rings. The number of carbonyl (C=O) groups excluding carboxylic acids is 1. The van der Waals surface area contributed by atoms with Crippen molar-refractivity contribution in [1.82, 2.24) is 14.5 Å². The summed E-state index contributed by atoms with van der Waals surface area (Å²) in [6.07, 6.45) is 4.25. The van der Waals surface area contributed by atoms with Gasteiger partial charge in [-0.3, -0.25) is 4.79 Å². The van der Waals surface area contributed by atoms with Gasteiger partial charge in [0.2, 0.25) is 5.91 Å². The third-order valence-corrected chi connectivity index (χ3v) is 4.21. The van der Waals surface area contributed by atoms with E-state index in [4.69, 9.17) is 5.73 Å². The first-order valence-corrected chi connectivity index (χ1v) is 7.72. The highest BCUT2D eigenvalue weighted by Gasteiger charge is 2.19. The van der Waals surface area contributed by atoms with Gasteiger partial charge in [0.05, 0.1) is 11.2 Å². The van der Waals surface area contributed by atoms with E-state index in [1.807, 2.05) is 27.7 Å². The van der Waals surface area contributed by atoms with Crippen LogP contribution >= 0.6 is 0 Å². The summed E-state index contributed by atoms with van der Waals surface area (Å²) in [4.78, 5) is 19.1. The maximum atomic E-state index is 12.5. The summed E-state index contributed by atoms with van der Waals surface area (Å²) < 4.78 is 2.02. The van der Waals surface area contributed by atoms with Gasteiger partial charge in [-0.1, -0.05) is 13.0 Å². The molecule has 5 heteroatoms. The van der Waals surface area contributed by atoms with E-state index in [-0.39, 0.29) is 5.91 Å². The molecule has 2 heterocycles. The summed E-state index contributed by atoms with van der Waals surface area (Å²) >= 11 is 0. The van der Waals surface area contributed by atoms with Crippen molar-refractivity contribution in [3.63, 3.8) is 0 Å². The van der Waals surface area contributed by atoms with E-state index in [1.54, 1.807) is 0 Å². The number of nitrogens with zero attached hydrogens (tertiary/aromatic N) is 3. The lowest BCUT2D eigenvalue weighted by Gasteiger charge is -2.27. The first kappa shape index (κ1) is 13.9. The van der Waals surface area contributed by atoms with Gasteiger partial charge in [-0.05, 0) is 31.4 Å². The molecule has 1 aliphatic rings. The van der Waals surface area contributed by atoms with Gasteiger partial charge in [0.1, 0.15) is 17.9 Å². The molecule has 1 aromatic heterocycles. The number of anilines is 1. The van der Waals surface area contributed by atoms with Crippen LogP contribution in [0.5, 0.6) is 0 Å². The number of amides is 1. The lowest BCUT2D eigenvalue weighted by molar-refractivity contribution is -0.132. The van der Waals surface area contributed by atoms with E-state index < -0.39 is 0 Å². The number of nitrogens with two attached hydrogens (primary N) is 1. The van der Waals surface area contributed by atoms with Crippen molar-refractivity contribution in [3.05, 3.63) is 24.0 Å². The number of para-hydroxylation sites is 1. The van der Waals surface area contributed by atoms with Gasteiger partial charge in [-0.25, -0.2) is 4.98 Å². The van der Waals surface area contributed by atoms with Crippen LogP contribution in [0.4, 0.5) is 5.69 Å². The van der Waals surface area contributed by atoms with Crippen molar-refractivity contribution < 1.29 is 4.79 Å². The van der Waals surface area contributed by atoms with Crippen LogP contribution in [-0.2, 0) is 17.8 Å². The third kappa shape index (κ3) is 2.60. The van der Waals surface area contributed by atoms with Gasteiger partial charge in [-0.2, -0.15) is 0 Å². The van der Waals surface area contributed by atoms with Crippen molar-refractivity contribution in [3.8, 4) is 0 Å². The summed E-state index contributed by atoms with van der Waals surface area (Å²) in [7, 11) is 0. The van der Waals surface area contributed by atoms with Gasteiger partial charge in [0.15, 0.2) is 0 Å². The summed E-state index contributed by atoms with van der Waals surface area (Å²) in [5.41, 5.74) is 8.43. The average Bonchev–Trinajstić information content (AvgIpc) is 2.87. The average molecular weight is 286 g/mol. The second-order valence-electron chi connectivity index (χ2n) is 5.62. The molecule has 1 aliphatic heterocycles. The summed E-state index contributed by atoms with van der Waals surface area (Å²) in [5.74, 6) is 1.11. The van der Waals surface area contributed by atoms with E-state index >= 15 is 0 Å². The monoisotopic (exact) mass is 286 g/mol. The van der Waals surface area contributed by atoms with Gasteiger partial charge >= 0.3 is 0 Å². The molecule has 5 nitrogen and oxygen atoms in total. The number of likely N-dealkylation sites (tertiary alicyclic amines) is 1. The van der Waals surface area contributed by atoms with Crippen LogP contribution in [-0.4, -0.2) is 33.4 Å². The summed E-state index contributed by atoms with van der Waals surface area (Å²) in [6, 6.07) is 5.76. The molecule has 1 saturated heterocycles. The molecule has 0 radical (unpaired) electrons. The number of benzene rings is 1. The Kier molecular flexibility index (Phi) is 3.82. The van der Waals surface area contributed by atoms with Gasteiger partial charge < -0.3 is 15.2 Å². The standard InChI is InChI=1S/C16H22N4O/c1-2-14-18-16-12(17)7-6-8-13(16)20(14)11-15(21)19-9-4-3-5-10-19/h6-8H,2-5,9-11,17H2,1H3. The first-order chi connectivity index (χ1) is 10.2. The predicted molar refractivity (Wildman–Crippen MR) is 84.0 cm³/mol. The lowest BCUT2D eigenvalue weighted by Crippen LogP contribution is -2.38. The Bertz CT molecular complexity index is 656. The van der Waals surface area contributed by atoms with Gasteiger partial charge in [-0.15, -0.1) is 0 Å². The Hall–Kier alpha value is -2.04. The van der Waals surface area contributed by atoms with Crippen molar-refractivity contribution in [2.24, 2.45) is 0 Å². The zero-order chi connectivity index (χ0) is 14.8. The predicted octanol–water partition coefficient (Wildman–Crippen LogP) is 2.19. The highest BCUT2D eigenvalue weighted by Crippen LogP contribution is 2.22. The number of piperidine rings is 1. The molecule has 21 heavy (non-hydrogen) atoms. The number of rotatable bonds is 3. The van der Waals surface area contributed by atoms with E-state index in [0.29, 0.717) is 12.2 Å². The minimum Gasteiger partial charge on any atom is -0.397 e. The maximum absolute atomic E-state index is 12.5. The molecule has 0 spiro atoms. The molecule has 0 bridgehead atoms. The second-order valence-corrected chi connectivity index (χ2v) is 5.62. The fourth-order valence-corrected chi connectivity index (χ4v) is 3.04. The van der Waals surface area contributed by atoms with Crippen LogP contribution < -0.4 is 5.73 Å². The number of carbonyl (C=O) groups is 1. The second kappa shape index (κ2) is 5.76. The van der Waals surface area contributed by atoms with E-state index in [1.165, 1.54) is 6.42 Å². The summed E-state index contributed by atoms with van der Waals surface area (Å²) in [5, 5.41) is 0. The van der Waals surface area contributed by atoms with Crippen LogP contribution in [0, 0.1) is 0 Å². The molecule has 3 rings (SSSR count). The number of hydrogen-bond acceptors (Lipinski definition) is 3. The Labute approximate surface area is 124 Å². The Balaban J connectivity index is 1.92. The van der Waals surface area contributed by atoms with Crippen LogP contribution in [0.1, 0.15) is 32.0 Å². The van der Waals surface area contributed by atoms with Gasteiger partial charge in [0, 0.05) is 19.5 Å². The molecule has 2 aromatic rings. The zero-order valence-electron chi connectivity index (χ0n) is 12.5. The van der Waals surface area contributed by atoms with Crippen LogP contribution in [0.2, 0.25) is 0 Å². The maximum Gasteiger partial charge on any atom is 0.242 e. The van der Waals surface area contributed by atoms with Crippen molar-refractivity contribution in [2.75, 3.05) is 18.8 Å². The summed E-state index contributed by atoms with van der Waals surface area (Å²) in [6.45, 7) is 4.19. The highest BCUT2D eigenvalue weighted by molar-refractivity contribution is 5.89. The topological polar surface area (TPSA) is 64.1 Å². The number of aromatic nitrogens is 2. The Morgan fingerprint density at radius 1 is 1.29 bits per heavy atom. The normalized spacial score (nSPS) is 15.6. The molecule has 1 amide bonds. The quantitative estimate of drug-likeness (QED) is 0.880.